The molecule has 0 fully saturated rings. The lowest BCUT2D eigenvalue weighted by molar-refractivity contribution is 1.08. The first-order chi connectivity index (χ1) is 30.0. The first kappa shape index (κ1) is 42.3. The zero-order chi connectivity index (χ0) is 44.0. The molecule has 8 rings (SSSR count). The van der Waals surface area contributed by atoms with Crippen molar-refractivity contribution in [2.45, 2.75) is 108 Å². The number of rotatable bonds is 11. The highest BCUT2D eigenvalue weighted by Crippen LogP contribution is 2.35. The molecule has 0 aliphatic rings. The number of hydrogen-bond donors (Lipinski definition) is 6. The molecule has 6 aromatic heterocycles. The number of aromatic nitrogens is 6. The highest BCUT2D eigenvalue weighted by molar-refractivity contribution is 5.84. The van der Waals surface area contributed by atoms with E-state index in [4.69, 9.17) is 6.58 Å². The van der Waals surface area contributed by atoms with Crippen molar-refractivity contribution in [3.8, 4) is 11.4 Å². The van der Waals surface area contributed by atoms with Gasteiger partial charge in [-0.2, -0.15) is 0 Å². The van der Waals surface area contributed by atoms with E-state index in [1.54, 1.807) is 0 Å². The minimum atomic E-state index is 0.825. The van der Waals surface area contributed by atoms with Crippen molar-refractivity contribution >= 4 is 24.3 Å². The number of benzene rings is 2. The maximum Gasteiger partial charge on any atom is 0.0697 e. The minimum absolute atomic E-state index is 0.825. The van der Waals surface area contributed by atoms with Gasteiger partial charge in [0.2, 0.25) is 0 Å². The molecule has 6 heteroatoms. The lowest BCUT2D eigenvalue weighted by Crippen LogP contribution is -2.17. The molecule has 0 amide bonds. The molecule has 6 nitrogen and oxygen atoms in total. The van der Waals surface area contributed by atoms with Crippen molar-refractivity contribution in [3.63, 3.8) is 0 Å². The van der Waals surface area contributed by atoms with Crippen molar-refractivity contribution in [2.24, 2.45) is 0 Å². The van der Waals surface area contributed by atoms with Gasteiger partial charge in [-0.25, -0.2) is 0 Å². The van der Waals surface area contributed by atoms with E-state index in [2.05, 4.69) is 179 Å². The molecule has 8 aromatic rings. The summed E-state index contributed by atoms with van der Waals surface area (Å²) in [6, 6.07) is 21.7. The molecule has 62 heavy (non-hydrogen) atoms. The zero-order valence-electron chi connectivity index (χ0n) is 38.6. The van der Waals surface area contributed by atoms with Gasteiger partial charge in [0.15, 0.2) is 0 Å². The van der Waals surface area contributed by atoms with Gasteiger partial charge in [-0.1, -0.05) is 115 Å². The number of H-pyrrole nitrogens is 6. The Morgan fingerprint density at radius 1 is 0.419 bits per heavy atom. The van der Waals surface area contributed by atoms with Crippen LogP contribution < -0.4 is 21.1 Å². The van der Waals surface area contributed by atoms with E-state index in [1.807, 2.05) is 0 Å². The summed E-state index contributed by atoms with van der Waals surface area (Å²) in [5.74, 6) is 0. The zero-order valence-corrected chi connectivity index (χ0v) is 38.6. The maximum atomic E-state index is 4.85. The molecule has 2 aromatic carbocycles. The molecule has 0 saturated heterocycles. The predicted molar refractivity (Wildman–Crippen MR) is 260 cm³/mol. The van der Waals surface area contributed by atoms with E-state index >= 15 is 0 Å². The lowest BCUT2D eigenvalue weighted by Gasteiger charge is -2.10. The highest BCUT2D eigenvalue weighted by atomic mass is 14.8. The van der Waals surface area contributed by atoms with Crippen LogP contribution in [0.4, 0.5) is 0 Å². The van der Waals surface area contributed by atoms with E-state index in [1.165, 1.54) is 78.2 Å². The first-order valence-corrected chi connectivity index (χ1v) is 22.8. The van der Waals surface area contributed by atoms with E-state index in [0.717, 1.165) is 104 Å². The Hall–Kier alpha value is -6.40. The molecule has 6 N–H and O–H groups in total. The second-order valence-electron chi connectivity index (χ2n) is 16.9. The average Bonchev–Trinajstić information content (AvgIpc) is 4.13. The fourth-order valence-corrected chi connectivity index (χ4v) is 10.2. The molecule has 0 saturated carbocycles. The third-order valence-corrected chi connectivity index (χ3v) is 13.7. The van der Waals surface area contributed by atoms with Crippen LogP contribution in [0.5, 0.6) is 0 Å². The molecule has 0 spiro atoms. The van der Waals surface area contributed by atoms with Crippen LogP contribution in [0.2, 0.25) is 0 Å². The quantitative estimate of drug-likeness (QED) is 0.0750. The van der Waals surface area contributed by atoms with Crippen LogP contribution in [0.25, 0.3) is 35.7 Å². The largest absolute Gasteiger partial charge is 0.359 e. The molecular formula is C56H64N6. The Balaban J connectivity index is 1.52. The summed E-state index contributed by atoms with van der Waals surface area (Å²) in [4.78, 5) is 23.3. The smallest absolute Gasteiger partial charge is 0.0697 e. The summed E-state index contributed by atoms with van der Waals surface area (Å²) in [6.07, 6.45) is 9.69. The monoisotopic (exact) mass is 821 g/mol. The molecular weight excluding hydrogens is 757 g/mol. The maximum absolute atomic E-state index is 4.85. The van der Waals surface area contributed by atoms with Crippen molar-refractivity contribution in [1.29, 1.82) is 0 Å². The molecule has 0 atom stereocenters. The Labute approximate surface area is 365 Å². The summed E-state index contributed by atoms with van der Waals surface area (Å²) in [5, 5.41) is 8.63. The van der Waals surface area contributed by atoms with Gasteiger partial charge in [0.25, 0.3) is 0 Å². The molecule has 0 unspecified atom stereocenters. The van der Waals surface area contributed by atoms with Gasteiger partial charge >= 0.3 is 0 Å². The second kappa shape index (κ2) is 17.2. The Bertz CT molecular complexity index is 3380. The first-order valence-electron chi connectivity index (χ1n) is 22.8. The lowest BCUT2D eigenvalue weighted by atomic mass is 9.95. The number of aryl methyl sites for hydroxylation is 2. The van der Waals surface area contributed by atoms with Gasteiger partial charge in [-0.3, -0.25) is 0 Å². The molecule has 318 valence electrons. The van der Waals surface area contributed by atoms with E-state index in [9.17, 15) is 0 Å². The standard InChI is InChI=1S/C56H64N6/c1-13-37-29-57-47(31(37)7)49-33(9)41(15-3)53(59-49)45(39-25-21-19-22-26-39)55-43(17-5)35(11)51(61-55)52-36(12)44(18-6)56(62-52)46(40-27-23-20-24-28-40)54-42(16-4)34(10)50(60-54)48-32(8)38(14-2)30-58-48/h19-30,57-62H,7,11,13-18H2,1-6,8-10,12H3/b49-47-,52-51+,53-45?,56-46?. The van der Waals surface area contributed by atoms with Crippen LogP contribution in [0.1, 0.15) is 120 Å². The number of hydrogen-bond acceptors (Lipinski definition) is 0. The van der Waals surface area contributed by atoms with Crippen LogP contribution in [0.3, 0.4) is 0 Å². The predicted octanol–water partition coefficient (Wildman–Crippen LogP) is 9.82. The average molecular weight is 821 g/mol. The van der Waals surface area contributed by atoms with Gasteiger partial charge in [0.1, 0.15) is 0 Å². The van der Waals surface area contributed by atoms with Crippen LogP contribution >= 0.6 is 0 Å². The van der Waals surface area contributed by atoms with Crippen molar-refractivity contribution in [2.75, 3.05) is 0 Å². The fraction of sp³-hybridized carbons (Fsp3) is 0.286. The highest BCUT2D eigenvalue weighted by Gasteiger charge is 2.24. The van der Waals surface area contributed by atoms with Gasteiger partial charge < -0.3 is 29.9 Å². The van der Waals surface area contributed by atoms with E-state index in [0.29, 0.717) is 0 Å². The van der Waals surface area contributed by atoms with Crippen molar-refractivity contribution in [1.82, 2.24) is 29.9 Å². The van der Waals surface area contributed by atoms with Crippen LogP contribution in [-0.2, 0) is 38.5 Å². The Morgan fingerprint density at radius 2 is 0.903 bits per heavy atom. The summed E-state index contributed by atoms with van der Waals surface area (Å²) >= 11 is 0. The van der Waals surface area contributed by atoms with Gasteiger partial charge in [0, 0.05) is 23.5 Å². The molecule has 6 heterocycles. The van der Waals surface area contributed by atoms with Crippen molar-refractivity contribution < 1.29 is 0 Å². The van der Waals surface area contributed by atoms with Gasteiger partial charge in [-0.15, -0.1) is 0 Å². The van der Waals surface area contributed by atoms with Crippen LogP contribution in [-0.4, -0.2) is 29.9 Å². The van der Waals surface area contributed by atoms with Crippen LogP contribution in [0, 0.1) is 49.1 Å². The van der Waals surface area contributed by atoms with Crippen molar-refractivity contribution in [3.05, 3.63) is 194 Å². The number of aromatic amines is 6. The Morgan fingerprint density at radius 3 is 1.37 bits per heavy atom. The molecule has 0 aliphatic heterocycles. The third kappa shape index (κ3) is 6.81. The Kier molecular flexibility index (Phi) is 11.7. The second-order valence-corrected chi connectivity index (χ2v) is 16.9. The SMILES string of the molecule is C=c1c(CC)c[nH]/c1=c1\[nH]c(=C(c2ccccc2)c2[nH]/c(=c3/[nH]c(=C(c4ccccc4)c4[nH]c(-c5[nH]cc(CC)c5C)c(C)c4CC)c(CC)c3C)c(=C)c2CC)c(CC)c1C. The summed E-state index contributed by atoms with van der Waals surface area (Å²) in [5.41, 5.74) is 22.1. The van der Waals surface area contributed by atoms with Crippen LogP contribution in [0.15, 0.2) is 73.1 Å². The third-order valence-electron chi connectivity index (χ3n) is 13.7. The normalized spacial score (nSPS) is 13.9. The summed E-state index contributed by atoms with van der Waals surface area (Å²) < 4.78 is 0. The van der Waals surface area contributed by atoms with Gasteiger partial charge in [-0.05, 0) is 143 Å². The summed E-state index contributed by atoms with van der Waals surface area (Å²) in [7, 11) is 0. The molecule has 0 radical (unpaired) electrons. The van der Waals surface area contributed by atoms with E-state index < -0.39 is 0 Å². The molecule has 0 bridgehead atoms. The van der Waals surface area contributed by atoms with E-state index in [-0.39, 0.29) is 0 Å². The topological polar surface area (TPSA) is 94.7 Å². The number of nitrogens with one attached hydrogen (secondary N) is 6. The summed E-state index contributed by atoms with van der Waals surface area (Å²) in [6.45, 7) is 31.8. The molecule has 0 aliphatic carbocycles. The van der Waals surface area contributed by atoms with Gasteiger partial charge in [0.05, 0.1) is 54.9 Å². The fourth-order valence-electron chi connectivity index (χ4n) is 10.2. The minimum Gasteiger partial charge on any atom is -0.359 e.